The van der Waals surface area contributed by atoms with Crippen molar-refractivity contribution >= 4 is 41.0 Å². The van der Waals surface area contributed by atoms with Crippen LogP contribution in [0.4, 0.5) is 37.7 Å². The highest BCUT2D eigenvalue weighted by Crippen LogP contribution is 2.36. The van der Waals surface area contributed by atoms with E-state index in [1.54, 1.807) is 0 Å². The molecule has 0 bridgehead atoms. The van der Waals surface area contributed by atoms with Gasteiger partial charge in [0, 0.05) is 26.5 Å². The number of alkyl halides is 6. The molecule has 8 nitrogen and oxygen atoms in total. The highest BCUT2D eigenvalue weighted by Gasteiger charge is 2.35. The van der Waals surface area contributed by atoms with Crippen LogP contribution >= 0.6 is 0 Å². The Balaban J connectivity index is 0.000000218. The highest BCUT2D eigenvalue weighted by molar-refractivity contribution is 6.18. The van der Waals surface area contributed by atoms with Gasteiger partial charge in [-0.2, -0.15) is 26.3 Å². The van der Waals surface area contributed by atoms with Crippen LogP contribution in [0.25, 0.3) is 0 Å². The lowest BCUT2D eigenvalue weighted by atomic mass is 10.1. The summed E-state index contributed by atoms with van der Waals surface area (Å²) in [7, 11) is 0. The van der Waals surface area contributed by atoms with Gasteiger partial charge in [0.1, 0.15) is 0 Å². The standard InChI is InChI=1S/C11H8F3NO2.C9H6F3NO.C4H6O3/c1-6(16)15-9-3-2-8(11(12,13)14)4-7(9)5-10(15)17;10-9(11,12)6-1-2-7-5(3-6)4-8(14)13-7;1-3(5)7-4(2)6/h2-4H,5H2,1H3;1-3H,4H2,(H,13,14);1-2H3. The van der Waals surface area contributed by atoms with Crippen LogP contribution in [0.5, 0.6) is 0 Å². The third-order valence-corrected chi connectivity index (χ3v) is 4.90. The number of hydrogen-bond acceptors (Lipinski definition) is 6. The van der Waals surface area contributed by atoms with E-state index < -0.39 is 47.2 Å². The zero-order valence-electron chi connectivity index (χ0n) is 20.0. The number of ether oxygens (including phenoxy) is 1. The average Bonchev–Trinajstić information content (AvgIpc) is 3.28. The van der Waals surface area contributed by atoms with E-state index in [0.717, 1.165) is 35.2 Å². The first-order valence-corrected chi connectivity index (χ1v) is 10.6. The van der Waals surface area contributed by atoms with Gasteiger partial charge in [-0.05, 0) is 47.5 Å². The topological polar surface area (TPSA) is 110 Å². The zero-order chi connectivity index (χ0) is 29.0. The molecule has 38 heavy (non-hydrogen) atoms. The van der Waals surface area contributed by atoms with Gasteiger partial charge < -0.3 is 10.1 Å². The van der Waals surface area contributed by atoms with Crippen molar-refractivity contribution < 1.29 is 55.1 Å². The van der Waals surface area contributed by atoms with Gasteiger partial charge in [0.15, 0.2) is 0 Å². The summed E-state index contributed by atoms with van der Waals surface area (Å²) in [6, 6.07) is 6.19. The third kappa shape index (κ3) is 7.88. The molecule has 1 N–H and O–H groups in total. The number of halogens is 6. The normalized spacial score (nSPS) is 13.8. The number of carbonyl (C=O) groups is 5. The minimum atomic E-state index is -4.44. The van der Waals surface area contributed by atoms with Crippen molar-refractivity contribution in [3.8, 4) is 0 Å². The van der Waals surface area contributed by atoms with Gasteiger partial charge >= 0.3 is 24.3 Å². The zero-order valence-corrected chi connectivity index (χ0v) is 20.0. The number of carbonyl (C=O) groups excluding carboxylic acids is 5. The molecule has 0 aromatic heterocycles. The van der Waals surface area contributed by atoms with E-state index >= 15 is 0 Å². The van der Waals surface area contributed by atoms with E-state index in [4.69, 9.17) is 0 Å². The molecule has 2 aliphatic heterocycles. The second-order valence-electron chi connectivity index (χ2n) is 7.95. The molecule has 14 heteroatoms. The summed E-state index contributed by atoms with van der Waals surface area (Å²) in [5.74, 6) is -2.38. The molecular weight excluding hydrogens is 526 g/mol. The highest BCUT2D eigenvalue weighted by atomic mass is 19.4. The summed E-state index contributed by atoms with van der Waals surface area (Å²) in [4.78, 5) is 54.0. The molecule has 0 saturated heterocycles. The number of hydrogen-bond donors (Lipinski definition) is 1. The summed E-state index contributed by atoms with van der Waals surface area (Å²) in [5, 5.41) is 2.47. The van der Waals surface area contributed by atoms with E-state index in [2.05, 4.69) is 10.1 Å². The maximum Gasteiger partial charge on any atom is 0.416 e. The lowest BCUT2D eigenvalue weighted by molar-refractivity contribution is -0.156. The summed E-state index contributed by atoms with van der Waals surface area (Å²) in [6.45, 7) is 3.56. The molecule has 2 aromatic carbocycles. The van der Waals surface area contributed by atoms with Crippen LogP contribution in [0.1, 0.15) is 43.0 Å². The lowest BCUT2D eigenvalue weighted by Gasteiger charge is -2.13. The monoisotopic (exact) mass is 546 g/mol. The number of amides is 3. The predicted molar refractivity (Wildman–Crippen MR) is 120 cm³/mol. The van der Waals surface area contributed by atoms with Crippen LogP contribution in [0, 0.1) is 0 Å². The van der Waals surface area contributed by atoms with Crippen molar-refractivity contribution in [3.05, 3.63) is 58.7 Å². The molecular formula is C24H20F6N2O6. The second-order valence-corrected chi connectivity index (χ2v) is 7.95. The van der Waals surface area contributed by atoms with Crippen molar-refractivity contribution in [3.63, 3.8) is 0 Å². The van der Waals surface area contributed by atoms with Crippen molar-refractivity contribution in [2.45, 2.75) is 46.0 Å². The van der Waals surface area contributed by atoms with Crippen LogP contribution in [0.2, 0.25) is 0 Å². The first-order chi connectivity index (χ1) is 17.4. The average molecular weight is 546 g/mol. The third-order valence-electron chi connectivity index (χ3n) is 4.90. The van der Waals surface area contributed by atoms with Crippen molar-refractivity contribution in [2.75, 3.05) is 10.2 Å². The summed E-state index contributed by atoms with van der Waals surface area (Å²) < 4.78 is 78.0. The SMILES string of the molecule is CC(=O)N1C(=O)Cc2cc(C(F)(F)F)ccc21.CC(=O)OC(C)=O.O=C1Cc2cc(C(F)(F)F)ccc2N1. The molecule has 0 saturated carbocycles. The quantitative estimate of drug-likeness (QED) is 0.297. The first kappa shape index (κ1) is 30.0. The molecule has 0 atom stereocenters. The Kier molecular flexibility index (Phi) is 9.03. The number of rotatable bonds is 0. The minimum absolute atomic E-state index is 0.0270. The molecule has 0 spiro atoms. The number of nitrogens with one attached hydrogen (secondary N) is 1. The van der Waals surface area contributed by atoms with Crippen molar-refractivity contribution in [2.24, 2.45) is 0 Å². The molecule has 3 amide bonds. The predicted octanol–water partition coefficient (Wildman–Crippen LogP) is 4.44. The van der Waals surface area contributed by atoms with E-state index in [-0.39, 0.29) is 30.0 Å². The molecule has 0 radical (unpaired) electrons. The van der Waals surface area contributed by atoms with Crippen molar-refractivity contribution in [1.82, 2.24) is 0 Å². The molecule has 2 aromatic rings. The number of esters is 2. The summed E-state index contributed by atoms with van der Waals surface area (Å²) in [5.41, 5.74) is -0.162. The van der Waals surface area contributed by atoms with Gasteiger partial charge in [-0.25, -0.2) is 0 Å². The lowest BCUT2D eigenvalue weighted by Crippen LogP contribution is -2.31. The van der Waals surface area contributed by atoms with E-state index in [1.165, 1.54) is 26.8 Å². The molecule has 0 aliphatic carbocycles. The van der Waals surface area contributed by atoms with Crippen LogP contribution < -0.4 is 10.2 Å². The fourth-order valence-electron chi connectivity index (χ4n) is 3.45. The number of benzene rings is 2. The van der Waals surface area contributed by atoms with Crippen LogP contribution in [0.15, 0.2) is 36.4 Å². The largest absolute Gasteiger partial charge is 0.416 e. The van der Waals surface area contributed by atoms with E-state index in [9.17, 15) is 50.3 Å². The van der Waals surface area contributed by atoms with E-state index in [0.29, 0.717) is 11.3 Å². The van der Waals surface area contributed by atoms with Gasteiger partial charge in [0.05, 0.1) is 29.7 Å². The minimum Gasteiger partial charge on any atom is -0.394 e. The van der Waals surface area contributed by atoms with Crippen molar-refractivity contribution in [1.29, 1.82) is 0 Å². The number of fused-ring (bicyclic) bond motifs is 2. The number of nitrogens with zero attached hydrogens (tertiary/aromatic N) is 1. The number of anilines is 2. The number of imide groups is 1. The first-order valence-electron chi connectivity index (χ1n) is 10.6. The fourth-order valence-corrected chi connectivity index (χ4v) is 3.45. The van der Waals surface area contributed by atoms with Gasteiger partial charge in [-0.1, -0.05) is 0 Å². The second kappa shape index (κ2) is 11.4. The molecule has 2 aliphatic rings. The van der Waals surface area contributed by atoms with Gasteiger partial charge in [0.2, 0.25) is 17.7 Å². The Morgan fingerprint density at radius 1 is 0.789 bits per heavy atom. The van der Waals surface area contributed by atoms with Gasteiger partial charge in [-0.15, -0.1) is 0 Å². The van der Waals surface area contributed by atoms with E-state index in [1.807, 2.05) is 0 Å². The Morgan fingerprint density at radius 3 is 1.74 bits per heavy atom. The van der Waals surface area contributed by atoms with Gasteiger partial charge in [-0.3, -0.25) is 28.9 Å². The Bertz CT molecular complexity index is 1270. The molecule has 0 fully saturated rings. The smallest absolute Gasteiger partial charge is 0.394 e. The Morgan fingerprint density at radius 2 is 1.29 bits per heavy atom. The Hall–Kier alpha value is -4.23. The molecule has 4 rings (SSSR count). The van der Waals surface area contributed by atoms with Gasteiger partial charge in [0.25, 0.3) is 0 Å². The summed E-state index contributed by atoms with van der Waals surface area (Å²) in [6.07, 6.45) is -8.93. The Labute approximate surface area is 211 Å². The van der Waals surface area contributed by atoms with Crippen LogP contribution in [-0.2, 0) is 53.9 Å². The molecule has 0 unspecified atom stereocenters. The van der Waals surface area contributed by atoms with Crippen LogP contribution in [0.3, 0.4) is 0 Å². The molecule has 204 valence electrons. The molecule has 2 heterocycles. The maximum absolute atomic E-state index is 12.4. The maximum atomic E-state index is 12.4. The summed E-state index contributed by atoms with van der Waals surface area (Å²) >= 11 is 0. The van der Waals surface area contributed by atoms with Crippen LogP contribution in [-0.4, -0.2) is 29.7 Å². The fraction of sp³-hybridized carbons (Fsp3) is 0.292.